The van der Waals surface area contributed by atoms with Crippen molar-refractivity contribution in [3.8, 4) is 0 Å². The summed E-state index contributed by atoms with van der Waals surface area (Å²) < 4.78 is 5.25. The second-order valence-electron chi connectivity index (χ2n) is 7.66. The van der Waals surface area contributed by atoms with Gasteiger partial charge >= 0.3 is 0 Å². The molecular formula is C20H23N3O4. The van der Waals surface area contributed by atoms with Gasteiger partial charge in [0.25, 0.3) is 17.7 Å². The number of fused-ring (bicyclic) bond motifs is 1. The molecule has 0 spiro atoms. The number of nitrogens with zero attached hydrogens (tertiary/aromatic N) is 2. The standard InChI is InChI=1S/C20H23N3O4/c1-5-6-9-23-18(25)13-8-7-12(10-14(13)19(23)26)17(24)21-16-11-15(27-22-16)20(2,3)4/h7-8,10-11H,5-6,9H2,1-4H3,(H,21,22,24). The van der Waals surface area contributed by atoms with E-state index in [9.17, 15) is 14.4 Å². The maximum absolute atomic E-state index is 12.5. The molecule has 0 unspecified atom stereocenters. The number of hydrogen-bond donors (Lipinski definition) is 1. The number of hydrogen-bond acceptors (Lipinski definition) is 5. The molecule has 2 aromatic rings. The Hall–Kier alpha value is -2.96. The Labute approximate surface area is 157 Å². The molecule has 3 amide bonds. The van der Waals surface area contributed by atoms with E-state index in [0.29, 0.717) is 23.7 Å². The molecule has 27 heavy (non-hydrogen) atoms. The van der Waals surface area contributed by atoms with Gasteiger partial charge in [-0.15, -0.1) is 0 Å². The molecule has 0 saturated carbocycles. The first kappa shape index (κ1) is 18.8. The third-order valence-corrected chi connectivity index (χ3v) is 4.46. The van der Waals surface area contributed by atoms with Gasteiger partial charge in [-0.1, -0.05) is 39.3 Å². The minimum atomic E-state index is -0.418. The van der Waals surface area contributed by atoms with Crippen LogP contribution in [0.3, 0.4) is 0 Å². The fraction of sp³-hybridized carbons (Fsp3) is 0.400. The normalized spacial score (nSPS) is 13.9. The molecule has 1 N–H and O–H groups in total. The quantitative estimate of drug-likeness (QED) is 0.813. The zero-order valence-electron chi connectivity index (χ0n) is 16.0. The molecule has 7 nitrogen and oxygen atoms in total. The molecule has 0 saturated heterocycles. The van der Waals surface area contributed by atoms with Crippen LogP contribution in [-0.2, 0) is 5.41 Å². The summed E-state index contributed by atoms with van der Waals surface area (Å²) in [4.78, 5) is 38.6. The highest BCUT2D eigenvalue weighted by molar-refractivity contribution is 6.22. The molecule has 0 atom stereocenters. The van der Waals surface area contributed by atoms with Gasteiger partial charge in [-0.2, -0.15) is 0 Å². The van der Waals surface area contributed by atoms with Crippen LogP contribution in [0, 0.1) is 0 Å². The van der Waals surface area contributed by atoms with Gasteiger partial charge < -0.3 is 9.84 Å². The minimum Gasteiger partial charge on any atom is -0.359 e. The fourth-order valence-corrected chi connectivity index (χ4v) is 2.83. The zero-order chi connectivity index (χ0) is 19.8. The van der Waals surface area contributed by atoms with Gasteiger partial charge in [-0.3, -0.25) is 19.3 Å². The van der Waals surface area contributed by atoms with Crippen LogP contribution in [0.1, 0.15) is 77.4 Å². The van der Waals surface area contributed by atoms with Gasteiger partial charge in [0.05, 0.1) is 11.1 Å². The first-order valence-electron chi connectivity index (χ1n) is 9.01. The Morgan fingerprint density at radius 2 is 1.85 bits per heavy atom. The Bertz CT molecular complexity index is 908. The van der Waals surface area contributed by atoms with E-state index in [1.807, 2.05) is 27.7 Å². The number of nitrogens with one attached hydrogen (secondary N) is 1. The summed E-state index contributed by atoms with van der Waals surface area (Å²) in [7, 11) is 0. The summed E-state index contributed by atoms with van der Waals surface area (Å²) in [6.45, 7) is 8.32. The van der Waals surface area contributed by atoms with Crippen molar-refractivity contribution in [1.82, 2.24) is 10.1 Å². The van der Waals surface area contributed by atoms with Crippen molar-refractivity contribution < 1.29 is 18.9 Å². The summed E-state index contributed by atoms with van der Waals surface area (Å²) in [5.74, 6) is -0.119. The Kier molecular flexibility index (Phi) is 4.87. The zero-order valence-corrected chi connectivity index (χ0v) is 16.0. The number of carbonyl (C=O) groups is 3. The number of benzene rings is 1. The molecule has 0 aliphatic carbocycles. The lowest BCUT2D eigenvalue weighted by molar-refractivity contribution is 0.0652. The number of unbranched alkanes of at least 4 members (excludes halogenated alkanes) is 1. The smallest absolute Gasteiger partial charge is 0.261 e. The van der Waals surface area contributed by atoms with Crippen molar-refractivity contribution in [2.75, 3.05) is 11.9 Å². The number of amides is 3. The predicted molar refractivity (Wildman–Crippen MR) is 99.9 cm³/mol. The molecule has 0 radical (unpaired) electrons. The molecule has 0 bridgehead atoms. The summed E-state index contributed by atoms with van der Waals surface area (Å²) in [5.41, 5.74) is 0.661. The number of carbonyl (C=O) groups excluding carboxylic acids is 3. The van der Waals surface area contributed by atoms with Crippen LogP contribution in [0.25, 0.3) is 0 Å². The van der Waals surface area contributed by atoms with Crippen molar-refractivity contribution in [3.63, 3.8) is 0 Å². The average molecular weight is 369 g/mol. The summed E-state index contributed by atoms with van der Waals surface area (Å²) in [5, 5.41) is 6.52. The Morgan fingerprint density at radius 1 is 1.15 bits per heavy atom. The van der Waals surface area contributed by atoms with Crippen molar-refractivity contribution in [2.24, 2.45) is 0 Å². The van der Waals surface area contributed by atoms with E-state index >= 15 is 0 Å². The predicted octanol–water partition coefficient (Wildman–Crippen LogP) is 3.62. The third kappa shape index (κ3) is 3.63. The largest absolute Gasteiger partial charge is 0.359 e. The van der Waals surface area contributed by atoms with E-state index in [-0.39, 0.29) is 28.4 Å². The first-order valence-corrected chi connectivity index (χ1v) is 9.01. The van der Waals surface area contributed by atoms with Crippen LogP contribution in [0.5, 0.6) is 0 Å². The van der Waals surface area contributed by atoms with E-state index in [1.54, 1.807) is 6.07 Å². The van der Waals surface area contributed by atoms with Crippen LogP contribution in [-0.4, -0.2) is 34.3 Å². The molecule has 1 aliphatic heterocycles. The fourth-order valence-electron chi connectivity index (χ4n) is 2.83. The maximum atomic E-state index is 12.5. The highest BCUT2D eigenvalue weighted by atomic mass is 16.5. The minimum absolute atomic E-state index is 0.224. The lowest BCUT2D eigenvalue weighted by atomic mass is 9.93. The van der Waals surface area contributed by atoms with Crippen LogP contribution in [0.4, 0.5) is 5.82 Å². The Morgan fingerprint density at radius 3 is 2.48 bits per heavy atom. The van der Waals surface area contributed by atoms with Gasteiger partial charge in [0, 0.05) is 23.6 Å². The van der Waals surface area contributed by atoms with Gasteiger partial charge in [-0.05, 0) is 24.6 Å². The number of anilines is 1. The summed E-state index contributed by atoms with van der Waals surface area (Å²) >= 11 is 0. The first-order chi connectivity index (χ1) is 12.7. The van der Waals surface area contributed by atoms with Gasteiger partial charge in [0.2, 0.25) is 0 Å². The van der Waals surface area contributed by atoms with E-state index < -0.39 is 5.91 Å². The van der Waals surface area contributed by atoms with Crippen LogP contribution in [0.15, 0.2) is 28.8 Å². The second kappa shape index (κ2) is 6.98. The second-order valence-corrected chi connectivity index (χ2v) is 7.66. The molecular weight excluding hydrogens is 346 g/mol. The van der Waals surface area contributed by atoms with Gasteiger partial charge in [-0.25, -0.2) is 0 Å². The number of imide groups is 1. The van der Waals surface area contributed by atoms with E-state index in [0.717, 1.165) is 12.8 Å². The SMILES string of the molecule is CCCCN1C(=O)c2ccc(C(=O)Nc3cc(C(C)(C)C)on3)cc2C1=O. The lowest BCUT2D eigenvalue weighted by Crippen LogP contribution is -2.30. The maximum Gasteiger partial charge on any atom is 0.261 e. The molecule has 0 fully saturated rings. The van der Waals surface area contributed by atoms with Crippen molar-refractivity contribution in [3.05, 3.63) is 46.7 Å². The highest BCUT2D eigenvalue weighted by Gasteiger charge is 2.35. The molecule has 3 rings (SSSR count). The number of rotatable bonds is 5. The average Bonchev–Trinajstić information content (AvgIpc) is 3.17. The van der Waals surface area contributed by atoms with Crippen LogP contribution >= 0.6 is 0 Å². The van der Waals surface area contributed by atoms with Gasteiger partial charge in [0.15, 0.2) is 5.82 Å². The van der Waals surface area contributed by atoms with Crippen molar-refractivity contribution in [1.29, 1.82) is 0 Å². The third-order valence-electron chi connectivity index (χ3n) is 4.46. The molecule has 142 valence electrons. The highest BCUT2D eigenvalue weighted by Crippen LogP contribution is 2.26. The topological polar surface area (TPSA) is 92.5 Å². The van der Waals surface area contributed by atoms with E-state index in [1.165, 1.54) is 23.1 Å². The molecule has 7 heteroatoms. The molecule has 1 aromatic carbocycles. The number of aromatic nitrogens is 1. The van der Waals surface area contributed by atoms with E-state index in [2.05, 4.69) is 10.5 Å². The van der Waals surface area contributed by atoms with Crippen LogP contribution < -0.4 is 5.32 Å². The van der Waals surface area contributed by atoms with Crippen molar-refractivity contribution in [2.45, 2.75) is 46.0 Å². The Balaban J connectivity index is 1.79. The lowest BCUT2D eigenvalue weighted by Gasteiger charge is -2.12. The van der Waals surface area contributed by atoms with E-state index in [4.69, 9.17) is 4.52 Å². The molecule has 2 heterocycles. The summed E-state index contributed by atoms with van der Waals surface area (Å²) in [6, 6.07) is 6.20. The molecule has 1 aromatic heterocycles. The van der Waals surface area contributed by atoms with Crippen molar-refractivity contribution >= 4 is 23.5 Å². The van der Waals surface area contributed by atoms with Crippen LogP contribution in [0.2, 0.25) is 0 Å². The summed E-state index contributed by atoms with van der Waals surface area (Å²) in [6.07, 6.45) is 1.64. The monoisotopic (exact) mass is 369 g/mol. The molecule has 1 aliphatic rings. The van der Waals surface area contributed by atoms with Gasteiger partial charge in [0.1, 0.15) is 5.76 Å².